The van der Waals surface area contributed by atoms with Crippen molar-refractivity contribution in [3.05, 3.63) is 29.3 Å². The fourth-order valence-electron chi connectivity index (χ4n) is 2.12. The van der Waals surface area contributed by atoms with E-state index in [4.69, 9.17) is 5.73 Å². The highest BCUT2D eigenvalue weighted by molar-refractivity contribution is 5.95. The smallest absolute Gasteiger partial charge is 0.227 e. The molecular formula is C13H18N2O. The van der Waals surface area contributed by atoms with Gasteiger partial charge < -0.3 is 10.6 Å². The second-order valence-corrected chi connectivity index (χ2v) is 4.48. The number of nitrogens with zero attached hydrogens (tertiary/aromatic N) is 1. The van der Waals surface area contributed by atoms with E-state index in [0.717, 1.165) is 12.1 Å². The van der Waals surface area contributed by atoms with Gasteiger partial charge in [-0.2, -0.15) is 0 Å². The van der Waals surface area contributed by atoms with Gasteiger partial charge >= 0.3 is 0 Å². The lowest BCUT2D eigenvalue weighted by atomic mass is 9.94. The average molecular weight is 218 g/mol. The molecule has 3 nitrogen and oxygen atoms in total. The maximum absolute atomic E-state index is 11.5. The van der Waals surface area contributed by atoms with E-state index in [0.29, 0.717) is 18.9 Å². The predicted octanol–water partition coefficient (Wildman–Crippen LogP) is 1.66. The van der Waals surface area contributed by atoms with Gasteiger partial charge in [-0.1, -0.05) is 19.1 Å². The van der Waals surface area contributed by atoms with E-state index >= 15 is 0 Å². The van der Waals surface area contributed by atoms with Gasteiger partial charge in [-0.3, -0.25) is 4.79 Å². The normalized spacial score (nSPS) is 17.2. The van der Waals surface area contributed by atoms with Crippen molar-refractivity contribution in [2.45, 2.75) is 25.7 Å². The van der Waals surface area contributed by atoms with Crippen molar-refractivity contribution in [2.75, 3.05) is 18.5 Å². The molecule has 0 radical (unpaired) electrons. The molecule has 3 heteroatoms. The lowest BCUT2D eigenvalue weighted by molar-refractivity contribution is -0.118. The van der Waals surface area contributed by atoms with Crippen molar-refractivity contribution in [3.8, 4) is 0 Å². The second-order valence-electron chi connectivity index (χ2n) is 4.48. The second kappa shape index (κ2) is 4.26. The minimum Gasteiger partial charge on any atom is -0.330 e. The van der Waals surface area contributed by atoms with Crippen molar-refractivity contribution < 1.29 is 4.79 Å². The number of carbonyl (C=O) groups excluding carboxylic acids is 1. The summed E-state index contributed by atoms with van der Waals surface area (Å²) in [6.07, 6.45) is 1.47. The number of hydrogen-bond acceptors (Lipinski definition) is 2. The largest absolute Gasteiger partial charge is 0.330 e. The Morgan fingerprint density at radius 2 is 2.19 bits per heavy atom. The molecule has 0 aromatic heterocycles. The summed E-state index contributed by atoms with van der Waals surface area (Å²) in [5, 5.41) is 0. The molecule has 1 atom stereocenters. The number of hydrogen-bond donors (Lipinski definition) is 1. The molecule has 1 amide bonds. The Morgan fingerprint density at radius 3 is 2.88 bits per heavy atom. The Balaban J connectivity index is 2.37. The van der Waals surface area contributed by atoms with Crippen molar-refractivity contribution >= 4 is 11.6 Å². The topological polar surface area (TPSA) is 46.3 Å². The van der Waals surface area contributed by atoms with Crippen LogP contribution in [0.4, 0.5) is 5.69 Å². The lowest BCUT2D eigenvalue weighted by Crippen LogP contribution is -2.31. The highest BCUT2D eigenvalue weighted by atomic mass is 16.2. The number of fused-ring (bicyclic) bond motifs is 1. The van der Waals surface area contributed by atoms with Crippen LogP contribution in [0.25, 0.3) is 0 Å². The van der Waals surface area contributed by atoms with Gasteiger partial charge in [-0.25, -0.2) is 0 Å². The van der Waals surface area contributed by atoms with Crippen LogP contribution >= 0.6 is 0 Å². The third-order valence-corrected chi connectivity index (χ3v) is 3.37. The van der Waals surface area contributed by atoms with Crippen LogP contribution in [0.5, 0.6) is 0 Å². The number of amides is 1. The molecule has 1 aliphatic rings. The maximum Gasteiger partial charge on any atom is 0.227 e. The van der Waals surface area contributed by atoms with Gasteiger partial charge in [0.05, 0.1) is 0 Å². The van der Waals surface area contributed by atoms with E-state index in [1.807, 2.05) is 13.1 Å². The molecule has 1 aromatic carbocycles. The lowest BCUT2D eigenvalue weighted by Gasteiger charge is -2.26. The van der Waals surface area contributed by atoms with Crippen LogP contribution < -0.4 is 10.6 Å². The van der Waals surface area contributed by atoms with E-state index < -0.39 is 0 Å². The molecule has 0 bridgehead atoms. The van der Waals surface area contributed by atoms with E-state index in [1.54, 1.807) is 4.90 Å². The van der Waals surface area contributed by atoms with Crippen LogP contribution in [0, 0.1) is 0 Å². The van der Waals surface area contributed by atoms with Gasteiger partial charge in [0.1, 0.15) is 0 Å². The third kappa shape index (κ3) is 1.83. The van der Waals surface area contributed by atoms with Crippen molar-refractivity contribution in [1.29, 1.82) is 0 Å². The monoisotopic (exact) mass is 218 g/mol. The van der Waals surface area contributed by atoms with Crippen LogP contribution in [0.3, 0.4) is 0 Å². The fraction of sp³-hybridized carbons (Fsp3) is 0.462. The predicted molar refractivity (Wildman–Crippen MR) is 65.6 cm³/mol. The Hall–Kier alpha value is -1.35. The molecule has 86 valence electrons. The first kappa shape index (κ1) is 11.1. The highest BCUT2D eigenvalue weighted by Crippen LogP contribution is 2.29. The molecule has 1 heterocycles. The molecule has 16 heavy (non-hydrogen) atoms. The SMILES string of the molecule is CC(CN)c1ccc2c(c1)CCC(=O)N2C. The number of carbonyl (C=O) groups is 1. The molecule has 1 aromatic rings. The van der Waals surface area contributed by atoms with Crippen molar-refractivity contribution in [1.82, 2.24) is 0 Å². The van der Waals surface area contributed by atoms with Crippen LogP contribution in [0.15, 0.2) is 18.2 Å². The minimum absolute atomic E-state index is 0.201. The van der Waals surface area contributed by atoms with Crippen LogP contribution in [0.1, 0.15) is 30.4 Å². The molecule has 0 spiro atoms. The number of nitrogens with two attached hydrogens (primary N) is 1. The third-order valence-electron chi connectivity index (χ3n) is 3.37. The van der Waals surface area contributed by atoms with Crippen LogP contribution in [0.2, 0.25) is 0 Å². The average Bonchev–Trinajstić information content (AvgIpc) is 2.32. The molecule has 0 aliphatic carbocycles. The van der Waals surface area contributed by atoms with Crippen molar-refractivity contribution in [3.63, 3.8) is 0 Å². The van der Waals surface area contributed by atoms with E-state index in [-0.39, 0.29) is 5.91 Å². The summed E-state index contributed by atoms with van der Waals surface area (Å²) in [6, 6.07) is 6.30. The molecule has 0 fully saturated rings. The number of aryl methyl sites for hydroxylation is 1. The number of benzene rings is 1. The maximum atomic E-state index is 11.5. The van der Waals surface area contributed by atoms with E-state index in [9.17, 15) is 4.79 Å². The molecule has 2 rings (SSSR count). The molecular weight excluding hydrogens is 200 g/mol. The van der Waals surface area contributed by atoms with E-state index in [2.05, 4.69) is 19.1 Å². The van der Waals surface area contributed by atoms with Crippen LogP contribution in [-0.4, -0.2) is 19.5 Å². The number of anilines is 1. The molecule has 0 saturated carbocycles. The van der Waals surface area contributed by atoms with Crippen molar-refractivity contribution in [2.24, 2.45) is 5.73 Å². The number of rotatable bonds is 2. The van der Waals surface area contributed by atoms with Gasteiger partial charge in [0.15, 0.2) is 0 Å². The van der Waals surface area contributed by atoms with Gasteiger partial charge in [0, 0.05) is 19.2 Å². The molecule has 2 N–H and O–H groups in total. The summed E-state index contributed by atoms with van der Waals surface area (Å²) in [5.74, 6) is 0.584. The zero-order valence-electron chi connectivity index (χ0n) is 9.86. The first-order valence-electron chi connectivity index (χ1n) is 5.73. The molecule has 0 saturated heterocycles. The Morgan fingerprint density at radius 1 is 1.44 bits per heavy atom. The first-order valence-corrected chi connectivity index (χ1v) is 5.73. The fourth-order valence-corrected chi connectivity index (χ4v) is 2.12. The highest BCUT2D eigenvalue weighted by Gasteiger charge is 2.21. The summed E-state index contributed by atoms with van der Waals surface area (Å²) in [5.41, 5.74) is 9.24. The first-order chi connectivity index (χ1) is 7.63. The zero-order chi connectivity index (χ0) is 11.7. The summed E-state index contributed by atoms with van der Waals surface area (Å²) >= 11 is 0. The Labute approximate surface area is 96.2 Å². The van der Waals surface area contributed by atoms with Crippen LogP contribution in [-0.2, 0) is 11.2 Å². The quantitative estimate of drug-likeness (QED) is 0.820. The van der Waals surface area contributed by atoms with Gasteiger partial charge in [-0.15, -0.1) is 0 Å². The summed E-state index contributed by atoms with van der Waals surface area (Å²) < 4.78 is 0. The molecule has 1 aliphatic heterocycles. The van der Waals surface area contributed by atoms with Gasteiger partial charge in [0.2, 0.25) is 5.91 Å². The van der Waals surface area contributed by atoms with E-state index in [1.165, 1.54) is 11.1 Å². The summed E-state index contributed by atoms with van der Waals surface area (Å²) in [7, 11) is 1.84. The van der Waals surface area contributed by atoms with Gasteiger partial charge in [0.25, 0.3) is 0 Å². The van der Waals surface area contributed by atoms with Gasteiger partial charge in [-0.05, 0) is 36.1 Å². The standard InChI is InChI=1S/C13H18N2O/c1-9(8-14)10-3-5-12-11(7-10)4-6-13(16)15(12)2/h3,5,7,9H,4,6,8,14H2,1-2H3. The Bertz CT molecular complexity index is 414. The molecule has 1 unspecified atom stereocenters. The summed E-state index contributed by atoms with van der Waals surface area (Å²) in [6.45, 7) is 2.78. The minimum atomic E-state index is 0.201. The summed E-state index contributed by atoms with van der Waals surface area (Å²) in [4.78, 5) is 13.3. The Kier molecular flexibility index (Phi) is 2.97. The zero-order valence-corrected chi connectivity index (χ0v) is 9.86.